The molecule has 0 bridgehead atoms. The second-order valence-corrected chi connectivity index (χ2v) is 10.2. The van der Waals surface area contributed by atoms with Crippen molar-refractivity contribution in [2.75, 3.05) is 37.7 Å². The first-order chi connectivity index (χ1) is 16.2. The van der Waals surface area contributed by atoms with Gasteiger partial charge in [0.1, 0.15) is 17.8 Å². The minimum atomic E-state index is -3.66. The number of anilines is 2. The van der Waals surface area contributed by atoms with E-state index in [0.29, 0.717) is 45.5 Å². The molecule has 0 unspecified atom stereocenters. The van der Waals surface area contributed by atoms with Crippen molar-refractivity contribution in [2.45, 2.75) is 0 Å². The Labute approximate surface area is 203 Å². The van der Waals surface area contributed by atoms with E-state index in [4.69, 9.17) is 22.4 Å². The third-order valence-corrected chi connectivity index (χ3v) is 6.93. The van der Waals surface area contributed by atoms with Gasteiger partial charge in [-0.25, -0.2) is 23.1 Å². The number of hydrogen-bond donors (Lipinski definition) is 1. The van der Waals surface area contributed by atoms with E-state index in [1.54, 1.807) is 41.1 Å². The molecular weight excluding hydrogens is 474 g/mol. The summed E-state index contributed by atoms with van der Waals surface area (Å²) >= 11 is 6.04. The van der Waals surface area contributed by atoms with Gasteiger partial charge in [0.2, 0.25) is 0 Å². The highest BCUT2D eigenvalue weighted by atomic mass is 35.5. The maximum atomic E-state index is 12.8. The van der Waals surface area contributed by atoms with Gasteiger partial charge in [-0.3, -0.25) is 4.31 Å². The zero-order chi connectivity index (χ0) is 24.5. The molecule has 0 radical (unpaired) electrons. The number of benzene rings is 2. The molecule has 0 amide bonds. The van der Waals surface area contributed by atoms with Gasteiger partial charge in [-0.2, -0.15) is 5.10 Å². The van der Waals surface area contributed by atoms with E-state index in [-0.39, 0.29) is 0 Å². The molecular formula is C23H24ClN7O2S. The fraction of sp³-hybridized carbons (Fsp3) is 0.174. The van der Waals surface area contributed by atoms with Crippen LogP contribution in [0, 0.1) is 0 Å². The number of nitrogens with two attached hydrogens (primary N) is 1. The second-order valence-electron chi connectivity index (χ2n) is 7.89. The van der Waals surface area contributed by atoms with Crippen molar-refractivity contribution in [1.29, 1.82) is 0 Å². The van der Waals surface area contributed by atoms with Crippen LogP contribution in [0.4, 0.5) is 11.5 Å². The Kier molecular flexibility index (Phi) is 6.56. The number of rotatable bonds is 7. The summed E-state index contributed by atoms with van der Waals surface area (Å²) in [5.41, 5.74) is 9.20. The summed E-state index contributed by atoms with van der Waals surface area (Å²) in [6, 6.07) is 14.3. The van der Waals surface area contributed by atoms with Gasteiger partial charge in [-0.15, -0.1) is 0 Å². The zero-order valence-corrected chi connectivity index (χ0v) is 20.5. The van der Waals surface area contributed by atoms with Crippen molar-refractivity contribution < 1.29 is 8.42 Å². The van der Waals surface area contributed by atoms with Crippen LogP contribution in [0.2, 0.25) is 5.02 Å². The minimum absolute atomic E-state index is 0.295. The van der Waals surface area contributed by atoms with Crippen LogP contribution in [0.3, 0.4) is 0 Å². The van der Waals surface area contributed by atoms with E-state index in [1.165, 1.54) is 23.1 Å². The Morgan fingerprint density at radius 1 is 1.09 bits per heavy atom. The van der Waals surface area contributed by atoms with Crippen molar-refractivity contribution in [3.63, 3.8) is 0 Å². The Balaban J connectivity index is 1.79. The summed E-state index contributed by atoms with van der Waals surface area (Å²) in [4.78, 5) is 10.4. The lowest BCUT2D eigenvalue weighted by Crippen LogP contribution is -2.24. The maximum Gasteiger partial charge on any atom is 0.256 e. The number of fused-ring (bicyclic) bond motifs is 1. The summed E-state index contributed by atoms with van der Waals surface area (Å²) in [5.74, 6) is 0.295. The predicted octanol–water partition coefficient (Wildman–Crippen LogP) is 3.56. The average molecular weight is 498 g/mol. The number of sulfonamides is 1. The van der Waals surface area contributed by atoms with Crippen LogP contribution in [-0.4, -0.2) is 60.8 Å². The minimum Gasteiger partial charge on any atom is -0.383 e. The molecule has 2 heterocycles. The van der Waals surface area contributed by atoms with Gasteiger partial charge in [0, 0.05) is 29.6 Å². The molecule has 4 rings (SSSR count). The molecule has 9 nitrogen and oxygen atoms in total. The summed E-state index contributed by atoms with van der Waals surface area (Å²) < 4.78 is 28.4. The van der Waals surface area contributed by atoms with Crippen molar-refractivity contribution in [1.82, 2.24) is 24.6 Å². The average Bonchev–Trinajstić information content (AvgIpc) is 3.20. The first-order valence-corrected chi connectivity index (χ1v) is 12.2. The summed E-state index contributed by atoms with van der Waals surface area (Å²) in [6.07, 6.45) is 2.98. The predicted molar refractivity (Wildman–Crippen MR) is 137 cm³/mol. The molecule has 0 saturated carbocycles. The fourth-order valence-electron chi connectivity index (χ4n) is 3.40. The number of likely N-dealkylation sites (N-methyl/N-ethyl adjacent to an activating group) is 1. The number of hydrogen-bond acceptors (Lipinski definition) is 7. The summed E-state index contributed by atoms with van der Waals surface area (Å²) in [7, 11) is 1.58. The number of nitrogen functional groups attached to an aromatic ring is 1. The van der Waals surface area contributed by atoms with Crippen molar-refractivity contribution in [3.05, 3.63) is 71.4 Å². The Bertz CT molecular complexity index is 1460. The van der Waals surface area contributed by atoms with Crippen molar-refractivity contribution in [3.8, 4) is 16.9 Å². The topological polar surface area (TPSA) is 110 Å². The first-order valence-electron chi connectivity index (χ1n) is 10.3. The molecule has 2 N–H and O–H groups in total. The van der Waals surface area contributed by atoms with Crippen LogP contribution in [0.15, 0.2) is 66.3 Å². The normalized spacial score (nSPS) is 12.1. The largest absolute Gasteiger partial charge is 0.383 e. The highest BCUT2D eigenvalue weighted by Gasteiger charge is 2.20. The van der Waals surface area contributed by atoms with Crippen LogP contribution in [0.25, 0.3) is 28.0 Å². The monoisotopic (exact) mass is 497 g/mol. The molecule has 0 fully saturated rings. The third-order valence-electron chi connectivity index (χ3n) is 5.17. The quantitative estimate of drug-likeness (QED) is 0.415. The van der Waals surface area contributed by atoms with Gasteiger partial charge in [-0.05, 0) is 44.4 Å². The van der Waals surface area contributed by atoms with Crippen LogP contribution >= 0.6 is 11.6 Å². The van der Waals surface area contributed by atoms with Crippen LogP contribution < -0.4 is 10.0 Å². The standard InChI is InChI=1S/C23H24ClN7O2S/c1-29(2)12-5-13-34(32,33)30(3)18-6-4-7-19(14-18)31-23-20(22(25)26-15-27-23)21(28-31)16-8-10-17(24)11-9-16/h4-11,13-15H,12H2,1-3H3,(H2,25,26,27)/b13-5+. The van der Waals surface area contributed by atoms with E-state index in [9.17, 15) is 8.42 Å². The SMILES string of the molecule is CN(C)C/C=C/S(=O)(=O)N(C)c1cccc(-n2nc(-c3ccc(Cl)cc3)c3c(N)ncnc32)c1. The highest BCUT2D eigenvalue weighted by Crippen LogP contribution is 2.33. The van der Waals surface area contributed by atoms with Gasteiger partial charge in [0.15, 0.2) is 5.65 Å². The third kappa shape index (κ3) is 4.74. The van der Waals surface area contributed by atoms with E-state index in [0.717, 1.165) is 5.56 Å². The second kappa shape index (κ2) is 9.41. The van der Waals surface area contributed by atoms with E-state index in [1.807, 2.05) is 37.2 Å². The molecule has 4 aromatic rings. The van der Waals surface area contributed by atoms with Crippen molar-refractivity contribution >= 4 is 44.2 Å². The van der Waals surface area contributed by atoms with Crippen molar-refractivity contribution in [2.24, 2.45) is 0 Å². The maximum absolute atomic E-state index is 12.8. The molecule has 0 saturated heterocycles. The molecule has 0 atom stereocenters. The summed E-state index contributed by atoms with van der Waals surface area (Å²) in [6.45, 7) is 0.515. The lowest BCUT2D eigenvalue weighted by molar-refractivity contribution is 0.456. The number of aromatic nitrogens is 4. The first kappa shape index (κ1) is 23.7. The molecule has 2 aromatic carbocycles. The highest BCUT2D eigenvalue weighted by molar-refractivity contribution is 7.95. The lowest BCUT2D eigenvalue weighted by Gasteiger charge is -2.18. The Morgan fingerprint density at radius 2 is 1.82 bits per heavy atom. The van der Waals surface area contributed by atoms with Crippen LogP contribution in [-0.2, 0) is 10.0 Å². The van der Waals surface area contributed by atoms with Gasteiger partial charge >= 0.3 is 0 Å². The number of halogens is 1. The molecule has 0 spiro atoms. The molecule has 0 aliphatic heterocycles. The van der Waals surface area contributed by atoms with Gasteiger partial charge in [-0.1, -0.05) is 35.9 Å². The summed E-state index contributed by atoms with van der Waals surface area (Å²) in [5, 5.41) is 7.16. The van der Waals surface area contributed by atoms with Gasteiger partial charge in [0.05, 0.1) is 16.8 Å². The molecule has 11 heteroatoms. The van der Waals surface area contributed by atoms with Gasteiger partial charge < -0.3 is 10.6 Å². The molecule has 0 aliphatic rings. The van der Waals surface area contributed by atoms with Crippen LogP contribution in [0.1, 0.15) is 0 Å². The molecule has 2 aromatic heterocycles. The van der Waals surface area contributed by atoms with Gasteiger partial charge in [0.25, 0.3) is 10.0 Å². The Morgan fingerprint density at radius 3 is 2.53 bits per heavy atom. The van der Waals surface area contributed by atoms with Crippen LogP contribution in [0.5, 0.6) is 0 Å². The molecule has 176 valence electrons. The smallest absolute Gasteiger partial charge is 0.256 e. The Hall–Kier alpha value is -3.47. The van der Waals surface area contributed by atoms with E-state index < -0.39 is 10.0 Å². The van der Waals surface area contributed by atoms with E-state index in [2.05, 4.69) is 9.97 Å². The fourth-order valence-corrected chi connectivity index (χ4v) is 4.44. The molecule has 34 heavy (non-hydrogen) atoms. The lowest BCUT2D eigenvalue weighted by atomic mass is 10.1. The number of nitrogens with zero attached hydrogens (tertiary/aromatic N) is 6. The van der Waals surface area contributed by atoms with E-state index >= 15 is 0 Å². The molecule has 0 aliphatic carbocycles. The zero-order valence-electron chi connectivity index (χ0n) is 18.9.